The minimum Gasteiger partial charge on any atom is -0.381 e. The van der Waals surface area contributed by atoms with E-state index in [1.165, 1.54) is 0 Å². The maximum atomic E-state index is 5.40. The molecule has 0 radical (unpaired) electrons. The topological polar surface area (TPSA) is 49.0 Å². The minimum atomic E-state index is 0.630. The SMILES string of the molecule is CCCOCCCOCCOCCOCCNC. The van der Waals surface area contributed by atoms with Crippen LogP contribution in [0.15, 0.2) is 0 Å². The highest BCUT2D eigenvalue weighted by Gasteiger charge is 1.92. The van der Waals surface area contributed by atoms with E-state index in [1.807, 2.05) is 7.05 Å². The second-order valence-electron chi connectivity index (χ2n) is 3.91. The molecule has 0 saturated carbocycles. The van der Waals surface area contributed by atoms with Crippen molar-refractivity contribution in [3.63, 3.8) is 0 Å². The van der Waals surface area contributed by atoms with Gasteiger partial charge in [0.25, 0.3) is 0 Å². The Balaban J connectivity index is 2.86. The van der Waals surface area contributed by atoms with Gasteiger partial charge in [0.05, 0.1) is 33.0 Å². The Kier molecular flexibility index (Phi) is 16.6. The predicted octanol–water partition coefficient (Wildman–Crippen LogP) is 1.07. The maximum absolute atomic E-state index is 5.40. The fraction of sp³-hybridized carbons (Fsp3) is 1.00. The molecule has 0 atom stereocenters. The monoisotopic (exact) mass is 263 g/mol. The van der Waals surface area contributed by atoms with Crippen LogP contribution in [-0.4, -0.2) is 66.4 Å². The molecule has 0 fully saturated rings. The summed E-state index contributed by atoms with van der Waals surface area (Å²) < 4.78 is 21.4. The molecule has 5 nitrogen and oxygen atoms in total. The van der Waals surface area contributed by atoms with Crippen LogP contribution >= 0.6 is 0 Å². The summed E-state index contributed by atoms with van der Waals surface area (Å²) in [6.45, 7) is 8.64. The molecule has 0 aliphatic heterocycles. The molecule has 0 amide bonds. The van der Waals surface area contributed by atoms with E-state index in [9.17, 15) is 0 Å². The predicted molar refractivity (Wildman–Crippen MR) is 72.1 cm³/mol. The minimum absolute atomic E-state index is 0.630. The van der Waals surface area contributed by atoms with Gasteiger partial charge in [-0.05, 0) is 19.9 Å². The molecule has 18 heavy (non-hydrogen) atoms. The summed E-state index contributed by atoms with van der Waals surface area (Å²) in [5.41, 5.74) is 0. The van der Waals surface area contributed by atoms with Gasteiger partial charge in [0.2, 0.25) is 0 Å². The van der Waals surface area contributed by atoms with Gasteiger partial charge in [-0.3, -0.25) is 0 Å². The average Bonchev–Trinajstić information content (AvgIpc) is 2.39. The lowest BCUT2D eigenvalue weighted by atomic mass is 10.5. The molecule has 0 aliphatic carbocycles. The molecule has 0 rings (SSSR count). The van der Waals surface area contributed by atoms with Gasteiger partial charge in [-0.15, -0.1) is 0 Å². The van der Waals surface area contributed by atoms with Crippen molar-refractivity contribution in [3.8, 4) is 0 Å². The smallest absolute Gasteiger partial charge is 0.0701 e. The van der Waals surface area contributed by atoms with Gasteiger partial charge >= 0.3 is 0 Å². The van der Waals surface area contributed by atoms with Crippen LogP contribution in [0.1, 0.15) is 19.8 Å². The van der Waals surface area contributed by atoms with E-state index < -0.39 is 0 Å². The van der Waals surface area contributed by atoms with Crippen molar-refractivity contribution in [1.29, 1.82) is 0 Å². The third-order valence-electron chi connectivity index (χ3n) is 2.17. The van der Waals surface area contributed by atoms with E-state index in [0.29, 0.717) is 26.4 Å². The van der Waals surface area contributed by atoms with Gasteiger partial charge in [0.1, 0.15) is 0 Å². The summed E-state index contributed by atoms with van der Waals surface area (Å²) in [6.07, 6.45) is 2.03. The molecule has 0 saturated heterocycles. The first kappa shape index (κ1) is 17.8. The highest BCUT2D eigenvalue weighted by molar-refractivity contribution is 4.38. The quantitative estimate of drug-likeness (QED) is 0.448. The summed E-state index contributed by atoms with van der Waals surface area (Å²) in [6, 6.07) is 0. The lowest BCUT2D eigenvalue weighted by Crippen LogP contribution is -2.16. The van der Waals surface area contributed by atoms with Crippen LogP contribution in [-0.2, 0) is 18.9 Å². The lowest BCUT2D eigenvalue weighted by molar-refractivity contribution is 0.0105. The van der Waals surface area contributed by atoms with E-state index in [0.717, 1.165) is 45.8 Å². The van der Waals surface area contributed by atoms with E-state index >= 15 is 0 Å². The lowest BCUT2D eigenvalue weighted by Gasteiger charge is -2.07. The summed E-state index contributed by atoms with van der Waals surface area (Å²) >= 11 is 0. The van der Waals surface area contributed by atoms with Crippen LogP contribution in [0, 0.1) is 0 Å². The third kappa shape index (κ3) is 15.8. The van der Waals surface area contributed by atoms with E-state index in [4.69, 9.17) is 18.9 Å². The van der Waals surface area contributed by atoms with Crippen molar-refractivity contribution >= 4 is 0 Å². The summed E-state index contributed by atoms with van der Waals surface area (Å²) in [5, 5.41) is 3.02. The number of hydrogen-bond donors (Lipinski definition) is 1. The van der Waals surface area contributed by atoms with Crippen LogP contribution < -0.4 is 5.32 Å². The van der Waals surface area contributed by atoms with Gasteiger partial charge < -0.3 is 24.3 Å². The van der Waals surface area contributed by atoms with Crippen molar-refractivity contribution in [2.45, 2.75) is 19.8 Å². The van der Waals surface area contributed by atoms with Gasteiger partial charge in [-0.2, -0.15) is 0 Å². The molecule has 0 aromatic heterocycles. The maximum Gasteiger partial charge on any atom is 0.0701 e. The molecule has 0 spiro atoms. The molecule has 0 unspecified atom stereocenters. The number of ether oxygens (including phenoxy) is 4. The van der Waals surface area contributed by atoms with Gasteiger partial charge in [0.15, 0.2) is 0 Å². The Morgan fingerprint density at radius 3 is 1.72 bits per heavy atom. The third-order valence-corrected chi connectivity index (χ3v) is 2.17. The first-order valence-corrected chi connectivity index (χ1v) is 6.87. The van der Waals surface area contributed by atoms with E-state index in [-0.39, 0.29) is 0 Å². The zero-order valence-electron chi connectivity index (χ0n) is 11.9. The highest BCUT2D eigenvalue weighted by Crippen LogP contribution is 1.87. The van der Waals surface area contributed by atoms with Crippen LogP contribution in [0.5, 0.6) is 0 Å². The fourth-order valence-corrected chi connectivity index (χ4v) is 1.23. The van der Waals surface area contributed by atoms with E-state index in [2.05, 4.69) is 12.2 Å². The summed E-state index contributed by atoms with van der Waals surface area (Å²) in [4.78, 5) is 0. The van der Waals surface area contributed by atoms with Gasteiger partial charge in [-0.1, -0.05) is 6.92 Å². The van der Waals surface area contributed by atoms with Crippen molar-refractivity contribution < 1.29 is 18.9 Å². The summed E-state index contributed by atoms with van der Waals surface area (Å²) in [7, 11) is 1.91. The summed E-state index contributed by atoms with van der Waals surface area (Å²) in [5.74, 6) is 0. The first-order valence-electron chi connectivity index (χ1n) is 6.87. The van der Waals surface area contributed by atoms with Gasteiger partial charge in [0, 0.05) is 26.4 Å². The fourth-order valence-electron chi connectivity index (χ4n) is 1.23. The number of rotatable bonds is 15. The molecule has 5 heteroatoms. The molecule has 0 heterocycles. The van der Waals surface area contributed by atoms with Crippen LogP contribution in [0.25, 0.3) is 0 Å². The second kappa shape index (κ2) is 16.8. The van der Waals surface area contributed by atoms with Crippen molar-refractivity contribution in [3.05, 3.63) is 0 Å². The molecule has 1 N–H and O–H groups in total. The van der Waals surface area contributed by atoms with Crippen LogP contribution in [0.3, 0.4) is 0 Å². The average molecular weight is 263 g/mol. The molecule has 110 valence electrons. The normalized spacial score (nSPS) is 11.0. The molecule has 0 aromatic carbocycles. The molecular weight excluding hydrogens is 234 g/mol. The second-order valence-corrected chi connectivity index (χ2v) is 3.91. The highest BCUT2D eigenvalue weighted by atomic mass is 16.5. The standard InChI is InChI=1S/C13H29NO4/c1-3-6-15-7-4-8-16-10-12-18-13-11-17-9-5-14-2/h14H,3-13H2,1-2H3. The molecule has 0 aromatic rings. The van der Waals surface area contributed by atoms with Crippen molar-refractivity contribution in [1.82, 2.24) is 5.32 Å². The molecule has 0 aliphatic rings. The Hall–Kier alpha value is -0.200. The van der Waals surface area contributed by atoms with Crippen molar-refractivity contribution in [2.24, 2.45) is 0 Å². The Morgan fingerprint density at radius 2 is 1.17 bits per heavy atom. The zero-order chi connectivity index (χ0) is 13.3. The molecule has 0 bridgehead atoms. The van der Waals surface area contributed by atoms with Gasteiger partial charge in [-0.25, -0.2) is 0 Å². The van der Waals surface area contributed by atoms with Crippen LogP contribution in [0.2, 0.25) is 0 Å². The molecular formula is C13H29NO4. The Morgan fingerprint density at radius 1 is 0.667 bits per heavy atom. The van der Waals surface area contributed by atoms with Crippen LogP contribution in [0.4, 0.5) is 0 Å². The zero-order valence-corrected chi connectivity index (χ0v) is 11.9. The number of nitrogens with one attached hydrogen (secondary N) is 1. The Bertz CT molecular complexity index is 131. The first-order chi connectivity index (χ1) is 8.91. The van der Waals surface area contributed by atoms with E-state index in [1.54, 1.807) is 0 Å². The van der Waals surface area contributed by atoms with Crippen molar-refractivity contribution in [2.75, 3.05) is 66.4 Å². The largest absolute Gasteiger partial charge is 0.381 e. The number of hydrogen-bond acceptors (Lipinski definition) is 5. The number of likely N-dealkylation sites (N-methyl/N-ethyl adjacent to an activating group) is 1. The Labute approximate surface area is 111 Å².